The first-order valence-electron chi connectivity index (χ1n) is 10.9. The van der Waals surface area contributed by atoms with E-state index in [1.54, 1.807) is 26.0 Å². The number of thioether (sulfide) groups is 1. The summed E-state index contributed by atoms with van der Waals surface area (Å²) >= 11 is 2.51. The van der Waals surface area contributed by atoms with Crippen LogP contribution in [0.2, 0.25) is 0 Å². The lowest BCUT2D eigenvalue weighted by molar-refractivity contribution is -0.119. The van der Waals surface area contributed by atoms with Crippen LogP contribution in [0.5, 0.6) is 0 Å². The second-order valence-electron chi connectivity index (χ2n) is 8.13. The van der Waals surface area contributed by atoms with Crippen LogP contribution in [0.3, 0.4) is 0 Å². The third-order valence-corrected chi connectivity index (χ3v) is 7.82. The molecule has 1 aliphatic rings. The second kappa shape index (κ2) is 9.64. The van der Waals surface area contributed by atoms with E-state index in [1.165, 1.54) is 28.0 Å². The van der Waals surface area contributed by atoms with Crippen LogP contribution in [0.15, 0.2) is 34.2 Å². The van der Waals surface area contributed by atoms with Gasteiger partial charge in [0, 0.05) is 11.4 Å². The molecule has 3 aromatic rings. The Kier molecular flexibility index (Phi) is 6.85. The molecule has 7 nitrogen and oxygen atoms in total. The minimum Gasteiger partial charge on any atom is -0.338 e. The minimum atomic E-state index is -0.746. The Morgan fingerprint density at radius 3 is 2.85 bits per heavy atom. The number of para-hydroxylation sites is 1. The topological polar surface area (TPSA) is 93.1 Å². The number of aryl methyl sites for hydroxylation is 1. The fraction of sp³-hybridized carbons (Fsp3) is 0.391. The predicted molar refractivity (Wildman–Crippen MR) is 129 cm³/mol. The number of hydrogen-bond donors (Lipinski definition) is 2. The van der Waals surface area contributed by atoms with Crippen LogP contribution in [0.1, 0.15) is 37.6 Å². The Bertz CT molecular complexity index is 1290. The first kappa shape index (κ1) is 23.4. The van der Waals surface area contributed by atoms with Gasteiger partial charge >= 0.3 is 6.03 Å². The molecule has 2 aromatic heterocycles. The molecule has 33 heavy (non-hydrogen) atoms. The SMILES string of the molecule is CCNC(=O)NC(=O)[C@H](C)Sc1nc2sc3c(c2c(=O)n1-c1ccccc1F)CC[C@@H](C)C3. The van der Waals surface area contributed by atoms with Gasteiger partial charge in [0.1, 0.15) is 10.6 Å². The molecule has 3 amide bonds. The van der Waals surface area contributed by atoms with E-state index >= 15 is 0 Å². The van der Waals surface area contributed by atoms with Gasteiger partial charge in [0.05, 0.1) is 16.3 Å². The molecule has 10 heteroatoms. The molecular weight excluding hydrogens is 463 g/mol. The average molecular weight is 489 g/mol. The summed E-state index contributed by atoms with van der Waals surface area (Å²) in [5.74, 6) is -0.550. The van der Waals surface area contributed by atoms with Gasteiger partial charge in [-0.15, -0.1) is 11.3 Å². The molecule has 0 fully saturated rings. The number of thiophene rings is 1. The molecule has 4 rings (SSSR count). The number of aromatic nitrogens is 2. The molecule has 174 valence electrons. The lowest BCUT2D eigenvalue weighted by Crippen LogP contribution is -2.42. The highest BCUT2D eigenvalue weighted by atomic mass is 32.2. The van der Waals surface area contributed by atoms with Gasteiger partial charge in [0.25, 0.3) is 5.56 Å². The summed E-state index contributed by atoms with van der Waals surface area (Å²) in [6.07, 6.45) is 2.68. The average Bonchev–Trinajstić information content (AvgIpc) is 3.12. The summed E-state index contributed by atoms with van der Waals surface area (Å²) in [5.41, 5.74) is 0.755. The molecule has 0 aliphatic heterocycles. The third kappa shape index (κ3) is 4.67. The van der Waals surface area contributed by atoms with Crippen LogP contribution in [-0.2, 0) is 17.6 Å². The maximum absolute atomic E-state index is 14.8. The molecule has 2 N–H and O–H groups in total. The number of urea groups is 1. The zero-order valence-electron chi connectivity index (χ0n) is 18.6. The van der Waals surface area contributed by atoms with Crippen molar-refractivity contribution in [2.45, 2.75) is 50.4 Å². The number of carbonyl (C=O) groups excluding carboxylic acids is 2. The maximum Gasteiger partial charge on any atom is 0.321 e. The van der Waals surface area contributed by atoms with E-state index in [-0.39, 0.29) is 16.4 Å². The minimum absolute atomic E-state index is 0.0832. The number of carbonyl (C=O) groups is 2. The first-order valence-corrected chi connectivity index (χ1v) is 12.6. The standard InChI is InChI=1S/C23H25FN4O3S2/c1-4-25-22(31)26-19(29)13(3)32-23-27-20-18(14-10-9-12(2)11-17(14)33-20)21(30)28(23)16-8-6-5-7-15(16)24/h5-8,12-13H,4,9-11H2,1-3H3,(H2,25,26,29,31)/t12-,13+/m1/s1. The molecule has 1 aromatic carbocycles. The number of amides is 3. The Morgan fingerprint density at radius 1 is 1.36 bits per heavy atom. The molecule has 2 heterocycles. The molecule has 0 spiro atoms. The summed E-state index contributed by atoms with van der Waals surface area (Å²) in [5, 5.41) is 4.78. The maximum atomic E-state index is 14.8. The summed E-state index contributed by atoms with van der Waals surface area (Å²) in [7, 11) is 0. The summed E-state index contributed by atoms with van der Waals surface area (Å²) in [6.45, 7) is 5.93. The molecular formula is C23H25FN4O3S2. The molecule has 2 atom stereocenters. The number of halogens is 1. The first-order chi connectivity index (χ1) is 15.8. The van der Waals surface area contributed by atoms with E-state index in [1.807, 2.05) is 0 Å². The number of hydrogen-bond acceptors (Lipinski definition) is 6. The zero-order chi connectivity index (χ0) is 23.7. The Balaban J connectivity index is 1.82. The van der Waals surface area contributed by atoms with Crippen molar-refractivity contribution in [3.8, 4) is 5.69 Å². The highest BCUT2D eigenvalue weighted by Gasteiger charge is 2.27. The van der Waals surface area contributed by atoms with E-state index in [2.05, 4.69) is 17.6 Å². The Morgan fingerprint density at radius 2 is 2.12 bits per heavy atom. The number of imide groups is 1. The van der Waals surface area contributed by atoms with Gasteiger partial charge in [-0.1, -0.05) is 30.8 Å². The van der Waals surface area contributed by atoms with Crippen molar-refractivity contribution in [2.75, 3.05) is 6.54 Å². The molecule has 0 bridgehead atoms. The largest absolute Gasteiger partial charge is 0.338 e. The van der Waals surface area contributed by atoms with E-state index < -0.39 is 23.0 Å². The Hall–Kier alpha value is -2.72. The van der Waals surface area contributed by atoms with Gasteiger partial charge in [-0.2, -0.15) is 0 Å². The van der Waals surface area contributed by atoms with Gasteiger partial charge < -0.3 is 5.32 Å². The van der Waals surface area contributed by atoms with E-state index in [0.29, 0.717) is 22.7 Å². The molecule has 0 saturated heterocycles. The van der Waals surface area contributed by atoms with Crippen molar-refractivity contribution < 1.29 is 14.0 Å². The summed E-state index contributed by atoms with van der Waals surface area (Å²) in [4.78, 5) is 44.4. The van der Waals surface area contributed by atoms with Crippen LogP contribution in [0, 0.1) is 11.7 Å². The number of benzene rings is 1. The van der Waals surface area contributed by atoms with Crippen LogP contribution >= 0.6 is 23.1 Å². The predicted octanol–water partition coefficient (Wildman–Crippen LogP) is 4.04. The van der Waals surface area contributed by atoms with Gasteiger partial charge in [-0.05, 0) is 56.7 Å². The monoisotopic (exact) mass is 488 g/mol. The fourth-order valence-electron chi connectivity index (χ4n) is 3.93. The lowest BCUT2D eigenvalue weighted by Gasteiger charge is -2.18. The number of fused-ring (bicyclic) bond motifs is 3. The number of rotatable bonds is 5. The van der Waals surface area contributed by atoms with Gasteiger partial charge in [-0.25, -0.2) is 14.2 Å². The zero-order valence-corrected chi connectivity index (χ0v) is 20.2. The van der Waals surface area contributed by atoms with Crippen molar-refractivity contribution in [3.63, 3.8) is 0 Å². The third-order valence-electron chi connectivity index (χ3n) is 5.62. The van der Waals surface area contributed by atoms with E-state index in [9.17, 15) is 18.8 Å². The quantitative estimate of drug-likeness (QED) is 0.418. The molecule has 0 unspecified atom stereocenters. The molecule has 0 saturated carbocycles. The number of nitrogens with one attached hydrogen (secondary N) is 2. The van der Waals surface area contributed by atoms with Crippen molar-refractivity contribution in [1.29, 1.82) is 0 Å². The summed E-state index contributed by atoms with van der Waals surface area (Å²) < 4.78 is 16.0. The second-order valence-corrected chi connectivity index (χ2v) is 10.5. The van der Waals surface area contributed by atoms with Crippen molar-refractivity contribution in [3.05, 3.63) is 50.9 Å². The van der Waals surface area contributed by atoms with Gasteiger partial charge in [0.15, 0.2) is 5.16 Å². The highest BCUT2D eigenvalue weighted by Crippen LogP contribution is 2.37. The van der Waals surface area contributed by atoms with Gasteiger partial charge in [0.2, 0.25) is 5.91 Å². The summed E-state index contributed by atoms with van der Waals surface area (Å²) in [6, 6.07) is 5.42. The van der Waals surface area contributed by atoms with Gasteiger partial charge in [-0.3, -0.25) is 19.5 Å². The lowest BCUT2D eigenvalue weighted by atomic mass is 9.89. The van der Waals surface area contributed by atoms with Crippen molar-refractivity contribution >= 4 is 45.3 Å². The van der Waals surface area contributed by atoms with Crippen LogP contribution < -0.4 is 16.2 Å². The van der Waals surface area contributed by atoms with Crippen LogP contribution in [0.4, 0.5) is 9.18 Å². The van der Waals surface area contributed by atoms with Crippen molar-refractivity contribution in [2.24, 2.45) is 5.92 Å². The van der Waals surface area contributed by atoms with Crippen LogP contribution in [-0.4, -0.2) is 33.3 Å². The Labute approximate surface area is 198 Å². The highest BCUT2D eigenvalue weighted by molar-refractivity contribution is 8.00. The van der Waals surface area contributed by atoms with Crippen molar-refractivity contribution in [1.82, 2.24) is 20.2 Å². The molecule has 0 radical (unpaired) electrons. The molecule has 1 aliphatic carbocycles. The van der Waals surface area contributed by atoms with E-state index in [0.717, 1.165) is 41.5 Å². The van der Waals surface area contributed by atoms with E-state index in [4.69, 9.17) is 4.98 Å². The smallest absolute Gasteiger partial charge is 0.321 e. The normalized spacial score (nSPS) is 16.3. The van der Waals surface area contributed by atoms with Crippen LogP contribution in [0.25, 0.3) is 15.9 Å². The fourth-order valence-corrected chi connectivity index (χ4v) is 6.27. The number of nitrogens with zero attached hydrogens (tertiary/aromatic N) is 2.